The molecular formula is C13H17ClN4. The second kappa shape index (κ2) is 5.14. The number of rotatable bonds is 4. The molecule has 0 spiro atoms. The molecule has 0 N–H and O–H groups in total. The van der Waals surface area contributed by atoms with Crippen LogP contribution in [0.3, 0.4) is 0 Å². The topological polar surface area (TPSA) is 33.4 Å². The third kappa shape index (κ3) is 2.17. The standard InChI is InChI=1S/C13H17ClN4/c14-7-10-17(11-3-1-2-4-11)12-6-9-18-13(16-12)5-8-15-18/h5-6,8-9,11H,1-4,7,10H2. The Morgan fingerprint density at radius 1 is 1.33 bits per heavy atom. The highest BCUT2D eigenvalue weighted by atomic mass is 35.5. The van der Waals surface area contributed by atoms with E-state index in [9.17, 15) is 0 Å². The number of anilines is 1. The molecule has 2 aromatic rings. The van der Waals surface area contributed by atoms with Crippen molar-refractivity contribution >= 4 is 23.1 Å². The molecule has 2 aromatic heterocycles. The molecular weight excluding hydrogens is 248 g/mol. The number of hydrogen-bond acceptors (Lipinski definition) is 3. The van der Waals surface area contributed by atoms with E-state index in [0.717, 1.165) is 18.0 Å². The van der Waals surface area contributed by atoms with Crippen molar-refractivity contribution in [2.75, 3.05) is 17.3 Å². The number of halogens is 1. The van der Waals surface area contributed by atoms with Gasteiger partial charge in [0.05, 0.1) is 6.20 Å². The Morgan fingerprint density at radius 2 is 2.17 bits per heavy atom. The van der Waals surface area contributed by atoms with E-state index in [1.165, 1.54) is 25.7 Å². The van der Waals surface area contributed by atoms with Crippen molar-refractivity contribution in [1.82, 2.24) is 14.6 Å². The summed E-state index contributed by atoms with van der Waals surface area (Å²) in [7, 11) is 0. The molecule has 96 valence electrons. The Labute approximate surface area is 112 Å². The maximum Gasteiger partial charge on any atom is 0.157 e. The van der Waals surface area contributed by atoms with Crippen molar-refractivity contribution in [3.05, 3.63) is 24.5 Å². The molecule has 0 amide bonds. The van der Waals surface area contributed by atoms with E-state index in [1.807, 2.05) is 18.3 Å². The van der Waals surface area contributed by atoms with Gasteiger partial charge < -0.3 is 4.90 Å². The van der Waals surface area contributed by atoms with E-state index in [2.05, 4.69) is 15.0 Å². The summed E-state index contributed by atoms with van der Waals surface area (Å²) in [6, 6.07) is 4.56. The summed E-state index contributed by atoms with van der Waals surface area (Å²) in [4.78, 5) is 7.02. The molecule has 0 saturated heterocycles. The van der Waals surface area contributed by atoms with Gasteiger partial charge in [-0.1, -0.05) is 12.8 Å². The van der Waals surface area contributed by atoms with Gasteiger partial charge in [-0.15, -0.1) is 11.6 Å². The van der Waals surface area contributed by atoms with Crippen LogP contribution in [0.15, 0.2) is 24.5 Å². The number of nitrogens with zero attached hydrogens (tertiary/aromatic N) is 4. The minimum atomic E-state index is 0.599. The van der Waals surface area contributed by atoms with E-state index >= 15 is 0 Å². The fourth-order valence-corrected chi connectivity index (χ4v) is 2.94. The third-order valence-corrected chi connectivity index (χ3v) is 3.80. The molecule has 0 atom stereocenters. The average Bonchev–Trinajstić information content (AvgIpc) is 3.05. The average molecular weight is 265 g/mol. The highest BCUT2D eigenvalue weighted by Gasteiger charge is 2.23. The highest BCUT2D eigenvalue weighted by molar-refractivity contribution is 6.18. The Morgan fingerprint density at radius 3 is 2.94 bits per heavy atom. The number of alkyl halides is 1. The van der Waals surface area contributed by atoms with Crippen LogP contribution in [0.4, 0.5) is 5.82 Å². The van der Waals surface area contributed by atoms with Gasteiger partial charge in [-0.3, -0.25) is 0 Å². The first-order valence-electron chi connectivity index (χ1n) is 6.51. The van der Waals surface area contributed by atoms with Gasteiger partial charge in [0.25, 0.3) is 0 Å². The quantitative estimate of drug-likeness (QED) is 0.796. The van der Waals surface area contributed by atoms with Crippen LogP contribution in [0.1, 0.15) is 25.7 Å². The summed E-state index contributed by atoms with van der Waals surface area (Å²) in [5.74, 6) is 1.67. The lowest BCUT2D eigenvalue weighted by atomic mass is 10.2. The van der Waals surface area contributed by atoms with E-state index in [4.69, 9.17) is 11.6 Å². The van der Waals surface area contributed by atoms with Crippen LogP contribution in [0.2, 0.25) is 0 Å². The number of aromatic nitrogens is 3. The second-order valence-corrected chi connectivity index (χ2v) is 5.12. The number of hydrogen-bond donors (Lipinski definition) is 0. The molecule has 0 aromatic carbocycles. The Kier molecular flexibility index (Phi) is 3.37. The summed E-state index contributed by atoms with van der Waals surface area (Å²) in [5.41, 5.74) is 0.894. The van der Waals surface area contributed by atoms with Crippen LogP contribution in [-0.4, -0.2) is 33.1 Å². The van der Waals surface area contributed by atoms with Gasteiger partial charge in [-0.05, 0) is 18.9 Å². The smallest absolute Gasteiger partial charge is 0.157 e. The molecule has 0 aliphatic heterocycles. The minimum Gasteiger partial charge on any atom is -0.352 e. The fraction of sp³-hybridized carbons (Fsp3) is 0.538. The first-order valence-corrected chi connectivity index (χ1v) is 7.05. The lowest BCUT2D eigenvalue weighted by molar-refractivity contribution is 0.614. The zero-order valence-electron chi connectivity index (χ0n) is 10.3. The minimum absolute atomic E-state index is 0.599. The van der Waals surface area contributed by atoms with Crippen LogP contribution in [0, 0.1) is 0 Å². The molecule has 3 rings (SSSR count). The third-order valence-electron chi connectivity index (χ3n) is 3.63. The van der Waals surface area contributed by atoms with Crippen LogP contribution in [0.25, 0.3) is 5.65 Å². The van der Waals surface area contributed by atoms with Crippen LogP contribution >= 0.6 is 11.6 Å². The van der Waals surface area contributed by atoms with Gasteiger partial charge in [0.15, 0.2) is 5.65 Å². The van der Waals surface area contributed by atoms with Crippen molar-refractivity contribution in [3.63, 3.8) is 0 Å². The predicted octanol–water partition coefficient (Wildman–Crippen LogP) is 2.72. The van der Waals surface area contributed by atoms with Gasteiger partial charge in [-0.2, -0.15) is 5.10 Å². The van der Waals surface area contributed by atoms with Gasteiger partial charge >= 0.3 is 0 Å². The first-order chi connectivity index (χ1) is 8.88. The van der Waals surface area contributed by atoms with Gasteiger partial charge in [0.2, 0.25) is 0 Å². The van der Waals surface area contributed by atoms with Crippen molar-refractivity contribution in [2.24, 2.45) is 0 Å². The highest BCUT2D eigenvalue weighted by Crippen LogP contribution is 2.27. The first kappa shape index (κ1) is 11.8. The molecule has 0 unspecified atom stereocenters. The van der Waals surface area contributed by atoms with Gasteiger partial charge in [-0.25, -0.2) is 9.50 Å². The molecule has 18 heavy (non-hydrogen) atoms. The largest absolute Gasteiger partial charge is 0.352 e. The van der Waals surface area contributed by atoms with Crippen molar-refractivity contribution in [2.45, 2.75) is 31.7 Å². The predicted molar refractivity (Wildman–Crippen MR) is 73.3 cm³/mol. The van der Waals surface area contributed by atoms with Crippen LogP contribution in [-0.2, 0) is 0 Å². The van der Waals surface area contributed by atoms with Crippen LogP contribution in [0.5, 0.6) is 0 Å². The molecule has 1 aliphatic carbocycles. The lowest BCUT2D eigenvalue weighted by Crippen LogP contribution is -2.35. The Bertz CT molecular complexity index is 518. The van der Waals surface area contributed by atoms with E-state index in [-0.39, 0.29) is 0 Å². The van der Waals surface area contributed by atoms with Crippen molar-refractivity contribution in [1.29, 1.82) is 0 Å². The fourth-order valence-electron chi connectivity index (χ4n) is 2.75. The van der Waals surface area contributed by atoms with Crippen molar-refractivity contribution in [3.8, 4) is 0 Å². The van der Waals surface area contributed by atoms with Crippen LogP contribution < -0.4 is 4.90 Å². The molecule has 1 fully saturated rings. The summed E-state index contributed by atoms with van der Waals surface area (Å²) in [6.07, 6.45) is 8.88. The van der Waals surface area contributed by atoms with E-state index in [1.54, 1.807) is 10.7 Å². The maximum absolute atomic E-state index is 5.93. The normalized spacial score (nSPS) is 16.5. The lowest BCUT2D eigenvalue weighted by Gasteiger charge is -2.29. The maximum atomic E-state index is 5.93. The SMILES string of the molecule is ClCCN(c1ccn2nccc2n1)C1CCCC1. The summed E-state index contributed by atoms with van der Waals surface area (Å²) >= 11 is 5.93. The second-order valence-electron chi connectivity index (χ2n) is 4.74. The summed E-state index contributed by atoms with van der Waals surface area (Å²) < 4.78 is 1.79. The molecule has 1 aliphatic rings. The Balaban J connectivity index is 1.92. The van der Waals surface area contributed by atoms with E-state index in [0.29, 0.717) is 11.9 Å². The zero-order valence-corrected chi connectivity index (χ0v) is 11.1. The summed E-state index contributed by atoms with van der Waals surface area (Å²) in [5, 5.41) is 4.17. The van der Waals surface area contributed by atoms with Gasteiger partial charge in [0, 0.05) is 30.7 Å². The number of fused-ring (bicyclic) bond motifs is 1. The van der Waals surface area contributed by atoms with Crippen molar-refractivity contribution < 1.29 is 0 Å². The molecule has 5 heteroatoms. The molecule has 2 heterocycles. The molecule has 4 nitrogen and oxygen atoms in total. The summed E-state index contributed by atoms with van der Waals surface area (Å²) in [6.45, 7) is 0.865. The monoisotopic (exact) mass is 264 g/mol. The molecule has 1 saturated carbocycles. The Hall–Kier alpha value is -1.29. The van der Waals surface area contributed by atoms with E-state index < -0.39 is 0 Å². The molecule has 0 bridgehead atoms. The molecule has 0 radical (unpaired) electrons. The van der Waals surface area contributed by atoms with Gasteiger partial charge in [0.1, 0.15) is 5.82 Å². The zero-order chi connectivity index (χ0) is 12.4.